The van der Waals surface area contributed by atoms with Gasteiger partial charge >= 0.3 is 0 Å². The van der Waals surface area contributed by atoms with Crippen LogP contribution in [0, 0.1) is 0 Å². The molecule has 0 atom stereocenters. The minimum absolute atomic E-state index is 1.09. The van der Waals surface area contributed by atoms with Gasteiger partial charge in [-0.3, -0.25) is 0 Å². The fraction of sp³-hybridized carbons (Fsp3) is 0.353. The Morgan fingerprint density at radius 1 is 0.684 bits per heavy atom. The normalized spacial score (nSPS) is 9.66. The van der Waals surface area contributed by atoms with Crippen molar-refractivity contribution < 1.29 is 0 Å². The highest BCUT2D eigenvalue weighted by atomic mass is 79.9. The van der Waals surface area contributed by atoms with Gasteiger partial charge in [0.15, 0.2) is 0 Å². The Kier molecular flexibility index (Phi) is 13.7. The minimum atomic E-state index is 1.09. The van der Waals surface area contributed by atoms with E-state index in [4.69, 9.17) is 0 Å². The predicted octanol–water partition coefficient (Wildman–Crippen LogP) is 12.3. The van der Waals surface area contributed by atoms with E-state index in [0.29, 0.717) is 0 Å². The van der Waals surface area contributed by atoms with E-state index in [9.17, 15) is 0 Å². The van der Waals surface area contributed by atoms with Gasteiger partial charge in [0.05, 0.1) is 7.57 Å². The zero-order valence-corrected chi connectivity index (χ0v) is 26.6. The maximum Gasteiger partial charge on any atom is 0.0789 e. The van der Waals surface area contributed by atoms with Crippen LogP contribution in [0.4, 0.5) is 0 Å². The van der Waals surface area contributed by atoms with Crippen LogP contribution in [0.15, 0.2) is 83.6 Å². The van der Waals surface area contributed by atoms with E-state index in [-0.39, 0.29) is 0 Å². The highest BCUT2D eigenvalue weighted by Crippen LogP contribution is 2.43. The molecule has 0 bridgehead atoms. The first-order valence-electron chi connectivity index (χ1n) is 13.1. The second-order valence-corrected chi connectivity index (χ2v) is 13.6. The molecule has 0 aliphatic heterocycles. The van der Waals surface area contributed by atoms with Crippen LogP contribution in [0.5, 0.6) is 0 Å². The smallest absolute Gasteiger partial charge is 0.0789 e. The third-order valence-corrected chi connectivity index (χ3v) is 9.96. The van der Waals surface area contributed by atoms with Gasteiger partial charge in [-0.25, -0.2) is 0 Å². The van der Waals surface area contributed by atoms with Gasteiger partial charge in [0, 0.05) is 20.3 Å². The van der Waals surface area contributed by atoms with Gasteiger partial charge in [-0.2, -0.15) is 0 Å². The third-order valence-electron chi connectivity index (χ3n) is 6.14. The Balaban J connectivity index is 1.71. The van der Waals surface area contributed by atoms with E-state index in [1.807, 2.05) is 17.4 Å². The molecule has 192 valence electrons. The Hall–Kier alpha value is -2.36. The van der Waals surface area contributed by atoms with Gasteiger partial charge in [-0.1, -0.05) is 76.2 Å². The standard InChI is InChI=1S/C34H30Br2S2/c1-3-5-7-9-11-13-15-17-19-21-23-27-29-25-32-30(26-31(29)37-33(27)35)28(34(36)38-32)24-22-20-18-16-14-12-10-8-6-4-2/h23,25-26H,1,4,6,8,10,12,14,16,18,20,22,24H2,2H3. The van der Waals surface area contributed by atoms with Gasteiger partial charge in [0.1, 0.15) is 0 Å². The number of hydrogen-bond acceptors (Lipinski definition) is 2. The number of rotatable bonds is 12. The highest BCUT2D eigenvalue weighted by Gasteiger charge is 2.15. The van der Waals surface area contributed by atoms with Gasteiger partial charge in [0.2, 0.25) is 0 Å². The molecule has 0 spiro atoms. The maximum atomic E-state index is 3.86. The average Bonchev–Trinajstić information content (AvgIpc) is 3.38. The van der Waals surface area contributed by atoms with Crippen LogP contribution in [0.25, 0.3) is 26.2 Å². The molecule has 4 heteroatoms. The quantitative estimate of drug-likeness (QED) is 0.134. The average molecular weight is 663 g/mol. The van der Waals surface area contributed by atoms with Crippen molar-refractivity contribution in [2.75, 3.05) is 0 Å². The molecule has 0 unspecified atom stereocenters. The van der Waals surface area contributed by atoms with Crippen LogP contribution in [-0.2, 0) is 6.42 Å². The molecule has 0 nitrogen and oxygen atoms in total. The first-order valence-corrected chi connectivity index (χ1v) is 16.3. The fourth-order valence-corrected chi connectivity index (χ4v) is 7.94. The number of thiophene rings is 2. The number of fused-ring (bicyclic) bond motifs is 2. The summed E-state index contributed by atoms with van der Waals surface area (Å²) in [4.78, 5) is 0. The van der Waals surface area contributed by atoms with Crippen molar-refractivity contribution in [3.05, 3.63) is 94.7 Å². The van der Waals surface area contributed by atoms with E-state index in [1.54, 1.807) is 11.3 Å². The van der Waals surface area contributed by atoms with Crippen molar-refractivity contribution in [2.24, 2.45) is 0 Å². The number of benzene rings is 1. The molecule has 0 saturated heterocycles. The van der Waals surface area contributed by atoms with Crippen molar-refractivity contribution in [1.82, 2.24) is 0 Å². The molecule has 0 radical (unpaired) electrons. The second-order valence-electron chi connectivity index (χ2n) is 8.89. The molecule has 2 aromatic heterocycles. The monoisotopic (exact) mass is 660 g/mol. The predicted molar refractivity (Wildman–Crippen MR) is 173 cm³/mol. The van der Waals surface area contributed by atoms with Crippen LogP contribution in [0.3, 0.4) is 0 Å². The van der Waals surface area contributed by atoms with E-state index in [2.05, 4.69) is 115 Å². The molecule has 2 heterocycles. The molecule has 0 amide bonds. The molecule has 0 fully saturated rings. The summed E-state index contributed by atoms with van der Waals surface area (Å²) in [6, 6.07) is 4.66. The number of unbranched alkanes of at least 4 members (excludes halogenated alkanes) is 9. The lowest BCUT2D eigenvalue weighted by molar-refractivity contribution is 0.556. The summed E-state index contributed by atoms with van der Waals surface area (Å²) in [6.07, 6.45) is 16.7. The molecule has 0 saturated carbocycles. The first-order chi connectivity index (χ1) is 18.7. The molecule has 0 aliphatic rings. The van der Waals surface area contributed by atoms with Crippen molar-refractivity contribution >= 4 is 80.8 Å². The van der Waals surface area contributed by atoms with Crippen molar-refractivity contribution in [2.45, 2.75) is 77.6 Å². The molecule has 0 N–H and O–H groups in total. The van der Waals surface area contributed by atoms with E-state index < -0.39 is 0 Å². The van der Waals surface area contributed by atoms with Crippen molar-refractivity contribution in [3.63, 3.8) is 0 Å². The minimum Gasteiger partial charge on any atom is -0.128 e. The molecule has 1 aromatic carbocycles. The summed E-state index contributed by atoms with van der Waals surface area (Å²) < 4.78 is 4.95. The Bertz CT molecular complexity index is 1650. The van der Waals surface area contributed by atoms with Crippen molar-refractivity contribution in [1.29, 1.82) is 0 Å². The van der Waals surface area contributed by atoms with Gasteiger partial charge in [-0.15, -0.1) is 22.7 Å². The number of halogens is 2. The van der Waals surface area contributed by atoms with Crippen LogP contribution in [0.1, 0.15) is 82.3 Å². The molecule has 3 rings (SSSR count). The van der Waals surface area contributed by atoms with Gasteiger partial charge in [-0.05, 0) is 126 Å². The summed E-state index contributed by atoms with van der Waals surface area (Å²) in [5.74, 6) is 0. The topological polar surface area (TPSA) is 0 Å². The molecular weight excluding hydrogens is 632 g/mol. The Labute approximate surface area is 251 Å². The zero-order valence-electron chi connectivity index (χ0n) is 21.8. The van der Waals surface area contributed by atoms with Crippen LogP contribution >= 0.6 is 54.5 Å². The summed E-state index contributed by atoms with van der Waals surface area (Å²) in [5.41, 5.74) is 29.2. The zero-order chi connectivity index (χ0) is 27.0. The summed E-state index contributed by atoms with van der Waals surface area (Å²) in [6.45, 7) is 5.66. The highest BCUT2D eigenvalue weighted by molar-refractivity contribution is 9.11. The summed E-state index contributed by atoms with van der Waals surface area (Å²) >= 11 is 11.2. The lowest BCUT2D eigenvalue weighted by Gasteiger charge is -2.04. The van der Waals surface area contributed by atoms with E-state index in [0.717, 1.165) is 15.8 Å². The lowest BCUT2D eigenvalue weighted by atomic mass is 10.0. The second kappa shape index (κ2) is 17.3. The molecular formula is C34H30Br2S2. The summed E-state index contributed by atoms with van der Waals surface area (Å²) in [5, 5.41) is 2.60. The number of aryl methyl sites for hydroxylation is 1. The Morgan fingerprint density at radius 2 is 1.21 bits per heavy atom. The molecule has 38 heavy (non-hydrogen) atoms. The molecule has 0 aliphatic carbocycles. The Morgan fingerprint density at radius 3 is 1.87 bits per heavy atom. The first kappa shape index (κ1) is 30.2. The van der Waals surface area contributed by atoms with Crippen LogP contribution in [-0.4, -0.2) is 0 Å². The van der Waals surface area contributed by atoms with E-state index >= 15 is 0 Å². The van der Waals surface area contributed by atoms with Gasteiger partial charge < -0.3 is 0 Å². The fourth-order valence-electron chi connectivity index (χ4n) is 4.23. The lowest BCUT2D eigenvalue weighted by Crippen LogP contribution is -1.86. The van der Waals surface area contributed by atoms with Gasteiger partial charge in [0.25, 0.3) is 0 Å². The molecule has 3 aromatic rings. The van der Waals surface area contributed by atoms with Crippen molar-refractivity contribution in [3.8, 4) is 0 Å². The number of hydrogen-bond donors (Lipinski definition) is 0. The summed E-state index contributed by atoms with van der Waals surface area (Å²) in [7, 11) is 0. The maximum absolute atomic E-state index is 3.86. The van der Waals surface area contributed by atoms with Crippen LogP contribution < -0.4 is 0 Å². The third kappa shape index (κ3) is 9.43. The largest absolute Gasteiger partial charge is 0.128 e. The SMILES string of the molecule is C=C=C=C=C=C=C=C=C=C=C=Cc1c(Br)sc2cc3c(CCCCCCCCCCCC)c(Br)sc3cc12. The van der Waals surface area contributed by atoms with Crippen LogP contribution in [0.2, 0.25) is 0 Å². The van der Waals surface area contributed by atoms with E-state index in [1.165, 1.54) is 93.7 Å².